The molecule has 2 fully saturated rings. The summed E-state index contributed by atoms with van der Waals surface area (Å²) in [7, 11) is 1.81. The van der Waals surface area contributed by atoms with Crippen LogP contribution in [0.4, 0.5) is 0 Å². The Balaban J connectivity index is 1.16. The van der Waals surface area contributed by atoms with Crippen molar-refractivity contribution in [3.8, 4) is 0 Å². The molecule has 3 heterocycles. The maximum absolute atomic E-state index is 13.1. The predicted molar refractivity (Wildman–Crippen MR) is 139 cm³/mol. The van der Waals surface area contributed by atoms with Crippen molar-refractivity contribution < 1.29 is 9.53 Å². The quantitative estimate of drug-likeness (QED) is 0.474. The van der Waals surface area contributed by atoms with E-state index in [2.05, 4.69) is 20.9 Å². The van der Waals surface area contributed by atoms with E-state index in [1.54, 1.807) is 12.4 Å². The fourth-order valence-corrected chi connectivity index (χ4v) is 5.82. The molecule has 2 saturated heterocycles. The lowest BCUT2D eigenvalue weighted by atomic mass is 9.86. The highest BCUT2D eigenvalue weighted by Crippen LogP contribution is 2.30. The summed E-state index contributed by atoms with van der Waals surface area (Å²) in [5.41, 5.74) is 3.44. The van der Waals surface area contributed by atoms with E-state index in [4.69, 9.17) is 27.9 Å². The molecule has 0 N–H and O–H groups in total. The Morgan fingerprint density at radius 1 is 0.971 bits per heavy atom. The summed E-state index contributed by atoms with van der Waals surface area (Å²) < 4.78 is 5.93. The molecule has 35 heavy (non-hydrogen) atoms. The molecule has 0 spiro atoms. The lowest BCUT2D eigenvalue weighted by Gasteiger charge is -2.44. The van der Waals surface area contributed by atoms with E-state index in [1.807, 2.05) is 42.3 Å². The van der Waals surface area contributed by atoms with Crippen molar-refractivity contribution in [2.24, 2.45) is 5.92 Å². The van der Waals surface area contributed by atoms with E-state index in [1.165, 1.54) is 5.56 Å². The second kappa shape index (κ2) is 10.8. The number of hydrogen-bond acceptors (Lipinski definition) is 5. The molecule has 2 atom stereocenters. The molecule has 6 nitrogen and oxygen atoms in total. The van der Waals surface area contributed by atoms with Gasteiger partial charge in [-0.05, 0) is 74.0 Å². The third kappa shape index (κ3) is 5.46. The maximum atomic E-state index is 13.1. The SMILES string of the molecule is CO[C@@H]1CN(C2CCN(C(=O)c3ccc4nccnc4c3)CC2)CCC1Cc1ccc(Cl)c(Cl)c1. The van der Waals surface area contributed by atoms with Gasteiger partial charge in [0, 0.05) is 50.7 Å². The highest BCUT2D eigenvalue weighted by molar-refractivity contribution is 6.42. The van der Waals surface area contributed by atoms with Crippen LogP contribution in [0.15, 0.2) is 48.8 Å². The first-order valence-electron chi connectivity index (χ1n) is 12.2. The first-order valence-corrected chi connectivity index (χ1v) is 13.0. The van der Waals surface area contributed by atoms with Gasteiger partial charge in [-0.1, -0.05) is 29.3 Å². The summed E-state index contributed by atoms with van der Waals surface area (Å²) in [6.07, 6.45) is 7.47. The minimum atomic E-state index is 0.0751. The highest BCUT2D eigenvalue weighted by Gasteiger charge is 2.34. The van der Waals surface area contributed by atoms with E-state index in [-0.39, 0.29) is 12.0 Å². The summed E-state index contributed by atoms with van der Waals surface area (Å²) in [5.74, 6) is 0.525. The Labute approximate surface area is 216 Å². The predicted octanol–water partition coefficient (Wildman–Crippen LogP) is 5.12. The minimum absolute atomic E-state index is 0.0751. The van der Waals surface area contributed by atoms with Gasteiger partial charge < -0.3 is 9.64 Å². The monoisotopic (exact) mass is 512 g/mol. The van der Waals surface area contributed by atoms with Gasteiger partial charge in [0.1, 0.15) is 0 Å². The minimum Gasteiger partial charge on any atom is -0.380 e. The average Bonchev–Trinajstić information content (AvgIpc) is 2.90. The third-order valence-electron chi connectivity index (χ3n) is 7.50. The van der Waals surface area contributed by atoms with Crippen molar-refractivity contribution in [1.29, 1.82) is 0 Å². The van der Waals surface area contributed by atoms with Crippen LogP contribution in [0.5, 0.6) is 0 Å². The zero-order valence-electron chi connectivity index (χ0n) is 19.9. The van der Waals surface area contributed by atoms with Gasteiger partial charge >= 0.3 is 0 Å². The van der Waals surface area contributed by atoms with E-state index < -0.39 is 0 Å². The Bertz CT molecular complexity index is 1200. The van der Waals surface area contributed by atoms with E-state index >= 15 is 0 Å². The number of carbonyl (C=O) groups excluding carboxylic acids is 1. The molecule has 0 radical (unpaired) electrons. The number of fused-ring (bicyclic) bond motifs is 1. The Kier molecular flexibility index (Phi) is 7.54. The molecule has 2 aromatic carbocycles. The van der Waals surface area contributed by atoms with Crippen LogP contribution >= 0.6 is 23.2 Å². The molecule has 0 bridgehead atoms. The standard InChI is InChI=1S/C27H30Cl2N4O2/c1-35-26-17-33(11-6-19(26)14-18-2-4-22(28)23(29)15-18)21-7-12-32(13-8-21)27(34)20-3-5-24-25(16-20)31-10-9-30-24/h2-5,9-10,15-16,19,21,26H,6-8,11-14,17H2,1H3/t19?,26-/m1/s1. The molecule has 3 aromatic rings. The van der Waals surface area contributed by atoms with E-state index in [0.29, 0.717) is 27.6 Å². The number of likely N-dealkylation sites (tertiary alicyclic amines) is 2. The summed E-state index contributed by atoms with van der Waals surface area (Å²) in [6.45, 7) is 3.50. The van der Waals surface area contributed by atoms with Gasteiger partial charge in [-0.3, -0.25) is 19.7 Å². The topological polar surface area (TPSA) is 58.6 Å². The number of aromatic nitrogens is 2. The number of carbonyl (C=O) groups is 1. The number of rotatable bonds is 5. The van der Waals surface area contributed by atoms with Crippen molar-refractivity contribution in [2.45, 2.75) is 37.8 Å². The molecular weight excluding hydrogens is 483 g/mol. The zero-order valence-corrected chi connectivity index (χ0v) is 21.4. The van der Waals surface area contributed by atoms with Gasteiger partial charge in [0.05, 0.1) is 27.2 Å². The molecule has 1 unspecified atom stereocenters. The number of ether oxygens (including phenoxy) is 1. The molecular formula is C27H30Cl2N4O2. The van der Waals surface area contributed by atoms with Gasteiger partial charge in [0.25, 0.3) is 5.91 Å². The van der Waals surface area contributed by atoms with Crippen LogP contribution in [0.3, 0.4) is 0 Å². The first-order chi connectivity index (χ1) is 17.0. The van der Waals surface area contributed by atoms with Gasteiger partial charge in [-0.25, -0.2) is 0 Å². The van der Waals surface area contributed by atoms with E-state index in [0.717, 1.165) is 62.9 Å². The Morgan fingerprint density at radius 2 is 1.74 bits per heavy atom. The van der Waals surface area contributed by atoms with E-state index in [9.17, 15) is 4.79 Å². The zero-order chi connectivity index (χ0) is 24.4. The normalized spacial score (nSPS) is 22.0. The fraction of sp³-hybridized carbons (Fsp3) is 0.444. The van der Waals surface area contributed by atoms with Gasteiger partial charge in [-0.15, -0.1) is 0 Å². The molecule has 1 amide bonds. The van der Waals surface area contributed by atoms with Crippen LogP contribution in [0, 0.1) is 5.92 Å². The molecule has 2 aliphatic heterocycles. The number of halogens is 2. The molecule has 0 saturated carbocycles. The molecule has 184 valence electrons. The molecule has 0 aliphatic carbocycles. The molecule has 2 aliphatic rings. The second-order valence-electron chi connectivity index (χ2n) is 9.55. The van der Waals surface area contributed by atoms with Crippen LogP contribution in [0.1, 0.15) is 35.2 Å². The largest absolute Gasteiger partial charge is 0.380 e. The lowest BCUT2D eigenvalue weighted by Crippen LogP contribution is -2.53. The second-order valence-corrected chi connectivity index (χ2v) is 10.4. The van der Waals surface area contributed by atoms with Crippen LogP contribution in [-0.2, 0) is 11.2 Å². The lowest BCUT2D eigenvalue weighted by molar-refractivity contribution is -0.0325. The highest BCUT2D eigenvalue weighted by atomic mass is 35.5. The average molecular weight is 513 g/mol. The summed E-state index contributed by atoms with van der Waals surface area (Å²) in [4.78, 5) is 26.3. The van der Waals surface area contributed by atoms with Gasteiger partial charge in [0.15, 0.2) is 0 Å². The van der Waals surface area contributed by atoms with Crippen molar-refractivity contribution >= 4 is 40.1 Å². The summed E-state index contributed by atoms with van der Waals surface area (Å²) in [6, 6.07) is 11.9. The molecule has 8 heteroatoms. The summed E-state index contributed by atoms with van der Waals surface area (Å²) >= 11 is 12.3. The Morgan fingerprint density at radius 3 is 2.49 bits per heavy atom. The van der Waals surface area contributed by atoms with Crippen LogP contribution in [0.2, 0.25) is 10.0 Å². The number of nitrogens with zero attached hydrogens (tertiary/aromatic N) is 4. The van der Waals surface area contributed by atoms with Crippen LogP contribution in [0.25, 0.3) is 11.0 Å². The molecule has 5 rings (SSSR count). The van der Waals surface area contributed by atoms with Crippen molar-refractivity contribution in [1.82, 2.24) is 19.8 Å². The van der Waals surface area contributed by atoms with Gasteiger partial charge in [0.2, 0.25) is 0 Å². The molecule has 1 aromatic heterocycles. The number of hydrogen-bond donors (Lipinski definition) is 0. The van der Waals surface area contributed by atoms with Crippen LogP contribution < -0.4 is 0 Å². The number of benzene rings is 2. The Hall–Kier alpha value is -2.25. The fourth-order valence-electron chi connectivity index (χ4n) is 5.50. The number of amides is 1. The smallest absolute Gasteiger partial charge is 0.253 e. The summed E-state index contributed by atoms with van der Waals surface area (Å²) in [5, 5.41) is 1.20. The van der Waals surface area contributed by atoms with Crippen LogP contribution in [-0.4, -0.2) is 71.1 Å². The number of methoxy groups -OCH3 is 1. The number of piperidine rings is 2. The van der Waals surface area contributed by atoms with Crippen molar-refractivity contribution in [3.63, 3.8) is 0 Å². The third-order valence-corrected chi connectivity index (χ3v) is 8.24. The van der Waals surface area contributed by atoms with Gasteiger partial charge in [-0.2, -0.15) is 0 Å². The maximum Gasteiger partial charge on any atom is 0.253 e. The van der Waals surface area contributed by atoms with Crippen molar-refractivity contribution in [2.75, 3.05) is 33.3 Å². The first kappa shape index (κ1) is 24.4. The van der Waals surface area contributed by atoms with Crippen molar-refractivity contribution in [3.05, 3.63) is 70.0 Å².